The maximum atomic E-state index is 12.7. The fraction of sp³-hybridized carbons (Fsp3) is 0.529. The Morgan fingerprint density at radius 2 is 1.84 bits per heavy atom. The van der Waals surface area contributed by atoms with Crippen LogP contribution in [-0.2, 0) is 16.1 Å². The molecule has 6 nitrogen and oxygen atoms in total. The Kier molecular flexibility index (Phi) is 6.68. The molecule has 2 N–H and O–H groups in total. The van der Waals surface area contributed by atoms with Gasteiger partial charge in [0.15, 0.2) is 4.84 Å². The molecule has 8 heteroatoms. The van der Waals surface area contributed by atoms with Gasteiger partial charge in [-0.25, -0.2) is 0 Å². The fourth-order valence-electron chi connectivity index (χ4n) is 3.29. The van der Waals surface area contributed by atoms with Gasteiger partial charge in [0.25, 0.3) is 11.8 Å². The van der Waals surface area contributed by atoms with Crippen molar-refractivity contribution in [3.05, 3.63) is 35.9 Å². The number of carbonyl (C=O) groups is 2. The van der Waals surface area contributed by atoms with E-state index in [1.165, 1.54) is 4.90 Å². The number of amides is 2. The molecule has 2 amide bonds. The van der Waals surface area contributed by atoms with Crippen LogP contribution in [0, 0.1) is 5.92 Å². The summed E-state index contributed by atoms with van der Waals surface area (Å²) >= 11 is 11.4. The van der Waals surface area contributed by atoms with Gasteiger partial charge in [-0.3, -0.25) is 9.59 Å². The molecule has 0 radical (unpaired) electrons. The number of alkyl halides is 2. The second kappa shape index (κ2) is 8.36. The molecule has 1 aliphatic rings. The van der Waals surface area contributed by atoms with Gasteiger partial charge in [0, 0.05) is 6.54 Å². The molecule has 1 fully saturated rings. The molecule has 138 valence electrons. The minimum atomic E-state index is -1.69. The van der Waals surface area contributed by atoms with E-state index in [9.17, 15) is 19.8 Å². The van der Waals surface area contributed by atoms with Crippen LogP contribution in [0.25, 0.3) is 0 Å². The third-order valence-electron chi connectivity index (χ3n) is 4.39. The summed E-state index contributed by atoms with van der Waals surface area (Å²) in [4.78, 5) is 26.0. The molecule has 1 saturated heterocycles. The molecule has 1 heterocycles. The summed E-state index contributed by atoms with van der Waals surface area (Å²) in [7, 11) is 0. The highest BCUT2D eigenvalue weighted by Gasteiger charge is 2.49. The van der Waals surface area contributed by atoms with Gasteiger partial charge < -0.3 is 20.0 Å². The quantitative estimate of drug-likeness (QED) is 0.746. The minimum absolute atomic E-state index is 0.144. The number of rotatable bonds is 5. The molecule has 1 aromatic carbocycles. The zero-order valence-corrected chi connectivity index (χ0v) is 15.6. The SMILES string of the molecule is CC(C)[C@@H]1[C@@H](CO)N(Cc2ccccc2)C(=O)[C@H](O)N1C(=O)C(Cl)Cl. The molecule has 0 unspecified atom stereocenters. The Labute approximate surface area is 156 Å². The number of aliphatic hydroxyl groups is 2. The number of carbonyl (C=O) groups excluding carboxylic acids is 2. The lowest BCUT2D eigenvalue weighted by Gasteiger charge is -2.50. The largest absolute Gasteiger partial charge is 0.394 e. The number of benzene rings is 1. The minimum Gasteiger partial charge on any atom is -0.394 e. The van der Waals surface area contributed by atoms with Gasteiger partial charge in [-0.1, -0.05) is 67.4 Å². The van der Waals surface area contributed by atoms with Crippen molar-refractivity contribution in [3.63, 3.8) is 0 Å². The van der Waals surface area contributed by atoms with Crippen LogP contribution in [0.1, 0.15) is 19.4 Å². The van der Waals surface area contributed by atoms with E-state index in [0.29, 0.717) is 0 Å². The monoisotopic (exact) mass is 388 g/mol. The summed E-state index contributed by atoms with van der Waals surface area (Å²) in [5, 5.41) is 20.4. The molecule has 0 bridgehead atoms. The second-order valence-corrected chi connectivity index (χ2v) is 7.45. The lowest BCUT2D eigenvalue weighted by atomic mass is 9.90. The number of halogens is 2. The molecule has 0 spiro atoms. The highest BCUT2D eigenvalue weighted by molar-refractivity contribution is 6.53. The predicted octanol–water partition coefficient (Wildman–Crippen LogP) is 1.36. The molecule has 3 atom stereocenters. The second-order valence-electron chi connectivity index (χ2n) is 6.36. The zero-order chi connectivity index (χ0) is 18.7. The van der Waals surface area contributed by atoms with Gasteiger partial charge in [-0.2, -0.15) is 0 Å². The normalized spacial score (nSPS) is 24.3. The van der Waals surface area contributed by atoms with Gasteiger partial charge in [-0.15, -0.1) is 0 Å². The summed E-state index contributed by atoms with van der Waals surface area (Å²) < 4.78 is 0. The number of hydrogen-bond acceptors (Lipinski definition) is 4. The Morgan fingerprint density at radius 1 is 1.24 bits per heavy atom. The highest BCUT2D eigenvalue weighted by Crippen LogP contribution is 2.30. The molecule has 2 rings (SSSR count). The summed E-state index contributed by atoms with van der Waals surface area (Å²) in [6.45, 7) is 3.55. The topological polar surface area (TPSA) is 81.1 Å². The van der Waals surface area contributed by atoms with Crippen molar-refractivity contribution >= 4 is 35.0 Å². The average Bonchev–Trinajstić information content (AvgIpc) is 2.58. The summed E-state index contributed by atoms with van der Waals surface area (Å²) in [5.41, 5.74) is 0.858. The fourth-order valence-corrected chi connectivity index (χ4v) is 3.52. The maximum absolute atomic E-state index is 12.7. The molecule has 0 aromatic heterocycles. The van der Waals surface area contributed by atoms with Gasteiger partial charge in [0.1, 0.15) is 0 Å². The third-order valence-corrected chi connectivity index (χ3v) is 4.76. The lowest BCUT2D eigenvalue weighted by Crippen LogP contribution is -2.70. The third kappa shape index (κ3) is 4.08. The Balaban J connectivity index is 2.40. The van der Waals surface area contributed by atoms with Crippen molar-refractivity contribution in [3.8, 4) is 0 Å². The summed E-state index contributed by atoms with van der Waals surface area (Å²) in [5.74, 6) is -1.56. The first-order chi connectivity index (χ1) is 11.8. The van der Waals surface area contributed by atoms with Crippen LogP contribution >= 0.6 is 23.2 Å². The number of aliphatic hydroxyl groups excluding tert-OH is 2. The molecule has 0 saturated carbocycles. The first-order valence-electron chi connectivity index (χ1n) is 8.03. The standard InChI is InChI=1S/C17H22Cl2N2O4/c1-10(2)13-12(9-22)20(8-11-6-4-3-5-7-11)16(24)17(25)21(13)15(23)14(18)19/h3-7,10,12-14,17,22,25H,8-9H2,1-2H3/t12-,13-,17+/m1/s1. The summed E-state index contributed by atoms with van der Waals surface area (Å²) in [6.07, 6.45) is -1.69. The van der Waals surface area contributed by atoms with Gasteiger partial charge >= 0.3 is 0 Å². The molecular formula is C17H22Cl2N2O4. The average molecular weight is 389 g/mol. The molecule has 25 heavy (non-hydrogen) atoms. The van der Waals surface area contributed by atoms with Crippen molar-refractivity contribution in [2.24, 2.45) is 5.92 Å². The smallest absolute Gasteiger partial charge is 0.273 e. The molecular weight excluding hydrogens is 367 g/mol. The van der Waals surface area contributed by atoms with E-state index in [2.05, 4.69) is 0 Å². The highest BCUT2D eigenvalue weighted by atomic mass is 35.5. The Bertz CT molecular complexity index is 612. The van der Waals surface area contributed by atoms with Crippen molar-refractivity contribution < 1.29 is 19.8 Å². The van der Waals surface area contributed by atoms with Crippen LogP contribution < -0.4 is 0 Å². The Morgan fingerprint density at radius 3 is 2.32 bits per heavy atom. The van der Waals surface area contributed by atoms with Crippen molar-refractivity contribution in [1.82, 2.24) is 9.80 Å². The van der Waals surface area contributed by atoms with Crippen LogP contribution in [0.2, 0.25) is 0 Å². The first-order valence-corrected chi connectivity index (χ1v) is 8.90. The van der Waals surface area contributed by atoms with Crippen LogP contribution in [0.3, 0.4) is 0 Å². The van der Waals surface area contributed by atoms with E-state index in [-0.39, 0.29) is 19.1 Å². The predicted molar refractivity (Wildman–Crippen MR) is 94.8 cm³/mol. The molecule has 0 aliphatic carbocycles. The molecule has 1 aliphatic heterocycles. The van der Waals surface area contributed by atoms with Gasteiger partial charge in [-0.05, 0) is 11.5 Å². The van der Waals surface area contributed by atoms with Gasteiger partial charge in [0.05, 0.1) is 18.7 Å². The van der Waals surface area contributed by atoms with Crippen molar-refractivity contribution in [2.45, 2.75) is 43.5 Å². The first kappa shape index (κ1) is 20.0. The van der Waals surface area contributed by atoms with E-state index >= 15 is 0 Å². The van der Waals surface area contributed by atoms with Crippen LogP contribution in [0.4, 0.5) is 0 Å². The van der Waals surface area contributed by atoms with Gasteiger partial charge in [0.2, 0.25) is 6.23 Å². The van der Waals surface area contributed by atoms with Crippen LogP contribution in [-0.4, -0.2) is 61.6 Å². The van der Waals surface area contributed by atoms with E-state index in [1.807, 2.05) is 44.2 Å². The zero-order valence-electron chi connectivity index (χ0n) is 14.0. The number of nitrogens with zero attached hydrogens (tertiary/aromatic N) is 2. The van der Waals surface area contributed by atoms with E-state index in [0.717, 1.165) is 10.5 Å². The lowest BCUT2D eigenvalue weighted by molar-refractivity contribution is -0.185. The molecule has 1 aromatic rings. The van der Waals surface area contributed by atoms with E-state index in [4.69, 9.17) is 23.2 Å². The van der Waals surface area contributed by atoms with Crippen molar-refractivity contribution in [2.75, 3.05) is 6.61 Å². The maximum Gasteiger partial charge on any atom is 0.273 e. The van der Waals surface area contributed by atoms with Crippen LogP contribution in [0.15, 0.2) is 30.3 Å². The Hall–Kier alpha value is -1.34. The number of piperazine rings is 1. The van der Waals surface area contributed by atoms with E-state index in [1.54, 1.807) is 0 Å². The summed E-state index contributed by atoms with van der Waals surface area (Å²) in [6, 6.07) is 7.96. The number of hydrogen-bond donors (Lipinski definition) is 2. The van der Waals surface area contributed by atoms with E-state index < -0.39 is 35.0 Å². The van der Waals surface area contributed by atoms with Crippen molar-refractivity contribution in [1.29, 1.82) is 0 Å². The van der Waals surface area contributed by atoms with Crippen LogP contribution in [0.5, 0.6) is 0 Å².